The third-order valence-electron chi connectivity index (χ3n) is 4.63. The normalized spacial score (nSPS) is 10.8. The molecule has 0 bridgehead atoms. The maximum absolute atomic E-state index is 12.6. The summed E-state index contributed by atoms with van der Waals surface area (Å²) in [5, 5.41) is 12.8. The van der Waals surface area contributed by atoms with Gasteiger partial charge in [0.05, 0.1) is 13.7 Å². The van der Waals surface area contributed by atoms with Crippen LogP contribution in [0, 0.1) is 11.3 Å². The Morgan fingerprint density at radius 2 is 1.82 bits per heavy atom. The molecule has 0 unspecified atom stereocenters. The lowest BCUT2D eigenvalue weighted by molar-refractivity contribution is -0.112. The Morgan fingerprint density at radius 1 is 1.06 bits per heavy atom. The fourth-order valence-electron chi connectivity index (χ4n) is 2.96. The van der Waals surface area contributed by atoms with Crippen LogP contribution in [0.3, 0.4) is 0 Å². The maximum atomic E-state index is 12.6. The van der Waals surface area contributed by atoms with Gasteiger partial charge in [0.25, 0.3) is 5.91 Å². The molecule has 0 atom stereocenters. The summed E-state index contributed by atoms with van der Waals surface area (Å²) in [6.45, 7) is 2.57. The molecule has 0 radical (unpaired) electrons. The van der Waals surface area contributed by atoms with Crippen molar-refractivity contribution in [1.82, 2.24) is 0 Å². The van der Waals surface area contributed by atoms with Gasteiger partial charge in [0, 0.05) is 16.3 Å². The van der Waals surface area contributed by atoms with Gasteiger partial charge in [0.15, 0.2) is 11.5 Å². The molecule has 3 aromatic carbocycles. The fourth-order valence-corrected chi connectivity index (χ4v) is 3.15. The second kappa shape index (κ2) is 11.6. The summed E-state index contributed by atoms with van der Waals surface area (Å²) >= 11 is 6.20. The SMILES string of the molecule is CCOc1cc(C=C(C#N)C(=O)Nc2ccc(OC)cc2)ccc1OCc1ccccc1Cl. The number of amides is 1. The van der Waals surface area contributed by atoms with Gasteiger partial charge in [0.1, 0.15) is 24.0 Å². The number of halogens is 1. The monoisotopic (exact) mass is 462 g/mol. The number of hydrogen-bond acceptors (Lipinski definition) is 5. The Hall–Kier alpha value is -3.95. The van der Waals surface area contributed by atoms with Gasteiger partial charge in [-0.05, 0) is 61.0 Å². The van der Waals surface area contributed by atoms with E-state index in [9.17, 15) is 10.1 Å². The van der Waals surface area contributed by atoms with Crippen LogP contribution in [0.25, 0.3) is 6.08 Å². The molecule has 0 fully saturated rings. The topological polar surface area (TPSA) is 80.6 Å². The van der Waals surface area contributed by atoms with E-state index in [0.717, 1.165) is 5.56 Å². The molecule has 7 heteroatoms. The van der Waals surface area contributed by atoms with Crippen molar-refractivity contribution in [3.05, 3.63) is 88.5 Å². The molecule has 0 aliphatic heterocycles. The second-order valence-corrected chi connectivity index (χ2v) is 7.28. The van der Waals surface area contributed by atoms with Crippen molar-refractivity contribution in [3.63, 3.8) is 0 Å². The Bertz CT molecular complexity index is 1180. The molecule has 0 heterocycles. The third-order valence-corrected chi connectivity index (χ3v) is 5.00. The molecule has 0 saturated carbocycles. The molecule has 0 aromatic heterocycles. The largest absolute Gasteiger partial charge is 0.497 e. The lowest BCUT2D eigenvalue weighted by Gasteiger charge is -2.13. The number of carbonyl (C=O) groups is 1. The van der Waals surface area contributed by atoms with E-state index in [1.165, 1.54) is 6.08 Å². The number of nitrogens with zero attached hydrogens (tertiary/aromatic N) is 1. The van der Waals surface area contributed by atoms with Gasteiger partial charge in [-0.1, -0.05) is 35.9 Å². The first kappa shape index (κ1) is 23.7. The van der Waals surface area contributed by atoms with Crippen molar-refractivity contribution in [1.29, 1.82) is 5.26 Å². The number of ether oxygens (including phenoxy) is 3. The van der Waals surface area contributed by atoms with Crippen LogP contribution in [-0.2, 0) is 11.4 Å². The van der Waals surface area contributed by atoms with Crippen LogP contribution >= 0.6 is 11.6 Å². The van der Waals surface area contributed by atoms with Gasteiger partial charge >= 0.3 is 0 Å². The Kier molecular flexibility index (Phi) is 8.34. The van der Waals surface area contributed by atoms with E-state index in [0.29, 0.717) is 40.1 Å². The molecule has 6 nitrogen and oxygen atoms in total. The fraction of sp³-hybridized carbons (Fsp3) is 0.154. The van der Waals surface area contributed by atoms with Crippen LogP contribution in [0.2, 0.25) is 5.02 Å². The summed E-state index contributed by atoms with van der Waals surface area (Å²) in [6.07, 6.45) is 1.50. The van der Waals surface area contributed by atoms with Gasteiger partial charge in [-0.3, -0.25) is 4.79 Å². The van der Waals surface area contributed by atoms with E-state index in [2.05, 4.69) is 5.32 Å². The van der Waals surface area contributed by atoms with Crippen LogP contribution in [0.15, 0.2) is 72.3 Å². The number of anilines is 1. The number of methoxy groups -OCH3 is 1. The van der Waals surface area contributed by atoms with E-state index >= 15 is 0 Å². The number of nitrogens with one attached hydrogen (secondary N) is 1. The van der Waals surface area contributed by atoms with Crippen molar-refractivity contribution in [2.75, 3.05) is 19.0 Å². The van der Waals surface area contributed by atoms with Gasteiger partial charge in [-0.2, -0.15) is 5.26 Å². The van der Waals surface area contributed by atoms with Gasteiger partial charge in [-0.25, -0.2) is 0 Å². The summed E-state index contributed by atoms with van der Waals surface area (Å²) in [7, 11) is 1.56. The first-order chi connectivity index (χ1) is 16.0. The van der Waals surface area contributed by atoms with Gasteiger partial charge in [-0.15, -0.1) is 0 Å². The molecule has 3 rings (SSSR count). The average molecular weight is 463 g/mol. The summed E-state index contributed by atoms with van der Waals surface area (Å²) in [5.41, 5.74) is 2.00. The van der Waals surface area contributed by atoms with Crippen LogP contribution in [0.4, 0.5) is 5.69 Å². The lowest BCUT2D eigenvalue weighted by atomic mass is 10.1. The number of benzene rings is 3. The van der Waals surface area contributed by atoms with Crippen LogP contribution in [-0.4, -0.2) is 19.6 Å². The molecule has 3 aromatic rings. The minimum absolute atomic E-state index is 0.0435. The van der Waals surface area contributed by atoms with Gasteiger partial charge in [0.2, 0.25) is 0 Å². The van der Waals surface area contributed by atoms with E-state index in [4.69, 9.17) is 25.8 Å². The Morgan fingerprint density at radius 3 is 2.48 bits per heavy atom. The highest BCUT2D eigenvalue weighted by atomic mass is 35.5. The molecule has 168 valence electrons. The summed E-state index contributed by atoms with van der Waals surface area (Å²) in [4.78, 5) is 12.6. The highest BCUT2D eigenvalue weighted by Gasteiger charge is 2.12. The van der Waals surface area contributed by atoms with Crippen molar-refractivity contribution in [2.45, 2.75) is 13.5 Å². The molecule has 1 N–H and O–H groups in total. The zero-order valence-electron chi connectivity index (χ0n) is 18.3. The molecule has 0 aliphatic rings. The van der Waals surface area contributed by atoms with Crippen LogP contribution < -0.4 is 19.5 Å². The molecule has 0 spiro atoms. The van der Waals surface area contributed by atoms with Gasteiger partial charge < -0.3 is 19.5 Å². The average Bonchev–Trinajstić information content (AvgIpc) is 2.83. The van der Waals surface area contributed by atoms with Crippen LogP contribution in [0.5, 0.6) is 17.2 Å². The smallest absolute Gasteiger partial charge is 0.266 e. The molecule has 0 saturated heterocycles. The van der Waals surface area contributed by atoms with Crippen molar-refractivity contribution in [2.24, 2.45) is 0 Å². The highest BCUT2D eigenvalue weighted by Crippen LogP contribution is 2.31. The van der Waals surface area contributed by atoms with Crippen molar-refractivity contribution >= 4 is 29.3 Å². The van der Waals surface area contributed by atoms with E-state index in [1.54, 1.807) is 55.6 Å². The molecule has 1 amide bonds. The van der Waals surface area contributed by atoms with E-state index in [1.807, 2.05) is 31.2 Å². The van der Waals surface area contributed by atoms with Crippen LogP contribution in [0.1, 0.15) is 18.1 Å². The molecular formula is C26H23ClN2O4. The minimum atomic E-state index is -0.514. The lowest BCUT2D eigenvalue weighted by Crippen LogP contribution is -2.13. The molecular weight excluding hydrogens is 440 g/mol. The summed E-state index contributed by atoms with van der Waals surface area (Å²) < 4.78 is 16.7. The standard InChI is InChI=1S/C26H23ClN2O4/c1-3-32-25-15-18(8-13-24(25)33-17-19-6-4-5-7-23(19)27)14-20(16-28)26(30)29-21-9-11-22(31-2)12-10-21/h4-15H,3,17H2,1-2H3,(H,29,30). The Balaban J connectivity index is 1.77. The number of nitriles is 1. The summed E-state index contributed by atoms with van der Waals surface area (Å²) in [6, 6.07) is 21.5. The minimum Gasteiger partial charge on any atom is -0.497 e. The van der Waals surface area contributed by atoms with Crippen molar-refractivity contribution in [3.8, 4) is 23.3 Å². The third kappa shape index (κ3) is 6.52. The quantitative estimate of drug-likeness (QED) is 0.317. The Labute approximate surface area is 198 Å². The first-order valence-electron chi connectivity index (χ1n) is 10.2. The number of rotatable bonds is 9. The second-order valence-electron chi connectivity index (χ2n) is 6.87. The highest BCUT2D eigenvalue weighted by molar-refractivity contribution is 6.31. The van der Waals surface area contributed by atoms with E-state index in [-0.39, 0.29) is 12.2 Å². The predicted octanol–water partition coefficient (Wildman–Crippen LogP) is 5.87. The predicted molar refractivity (Wildman–Crippen MR) is 129 cm³/mol. The molecule has 33 heavy (non-hydrogen) atoms. The summed E-state index contributed by atoms with van der Waals surface area (Å²) in [5.74, 6) is 1.20. The van der Waals surface area contributed by atoms with E-state index < -0.39 is 5.91 Å². The number of carbonyl (C=O) groups excluding carboxylic acids is 1. The maximum Gasteiger partial charge on any atom is 0.266 e. The zero-order chi connectivity index (χ0) is 23.6. The molecule has 0 aliphatic carbocycles. The number of hydrogen-bond donors (Lipinski definition) is 1. The first-order valence-corrected chi connectivity index (χ1v) is 10.6. The zero-order valence-corrected chi connectivity index (χ0v) is 19.1. The van der Waals surface area contributed by atoms with Crippen molar-refractivity contribution < 1.29 is 19.0 Å².